The smallest absolute Gasteiger partial charge is 0.217 e. The number of methoxy groups -OCH3 is 2. The molecule has 8 nitrogen and oxygen atoms in total. The molecule has 1 aromatic carbocycles. The summed E-state index contributed by atoms with van der Waals surface area (Å²) in [6, 6.07) is 11.4. The number of ether oxygens (including phenoxy) is 4. The van der Waals surface area contributed by atoms with Crippen LogP contribution in [-0.4, -0.2) is 25.9 Å². The van der Waals surface area contributed by atoms with Crippen molar-refractivity contribution in [3.63, 3.8) is 0 Å². The Morgan fingerprint density at radius 3 is 2.47 bits per heavy atom. The Balaban J connectivity index is 2.00. The summed E-state index contributed by atoms with van der Waals surface area (Å²) < 4.78 is 23.2. The van der Waals surface area contributed by atoms with E-state index in [2.05, 4.69) is 18.2 Å². The normalized spacial score (nSPS) is 33.6. The molecule has 2 heterocycles. The second kappa shape index (κ2) is 6.90. The average Bonchev–Trinajstić information content (AvgIpc) is 2.90. The van der Waals surface area contributed by atoms with Gasteiger partial charge in [-0.3, -0.25) is 5.41 Å². The van der Waals surface area contributed by atoms with Gasteiger partial charge in [0.25, 0.3) is 0 Å². The Kier molecular flexibility index (Phi) is 4.60. The number of benzene rings is 1. The Labute approximate surface area is 175 Å². The molecule has 4 rings (SSSR count). The van der Waals surface area contributed by atoms with Crippen molar-refractivity contribution in [2.24, 2.45) is 16.7 Å². The van der Waals surface area contributed by atoms with Gasteiger partial charge in [-0.15, -0.1) is 0 Å². The lowest BCUT2D eigenvalue weighted by atomic mass is 9.52. The zero-order valence-electron chi connectivity index (χ0n) is 16.9. The van der Waals surface area contributed by atoms with Crippen molar-refractivity contribution < 1.29 is 18.9 Å². The van der Waals surface area contributed by atoms with Crippen LogP contribution in [0.5, 0.6) is 11.5 Å². The lowest BCUT2D eigenvalue weighted by Gasteiger charge is -2.49. The summed E-state index contributed by atoms with van der Waals surface area (Å²) in [6.07, 6.45) is 2.47. The molecule has 3 fully saturated rings. The molecule has 154 valence electrons. The summed E-state index contributed by atoms with van der Waals surface area (Å²) in [5.74, 6) is -1.22. The van der Waals surface area contributed by atoms with Crippen molar-refractivity contribution in [3.8, 4) is 29.7 Å². The van der Waals surface area contributed by atoms with Gasteiger partial charge < -0.3 is 18.9 Å². The van der Waals surface area contributed by atoms with Crippen LogP contribution in [0, 0.1) is 56.2 Å². The summed E-state index contributed by atoms with van der Waals surface area (Å²) in [4.78, 5) is 0. The van der Waals surface area contributed by atoms with E-state index in [1.165, 1.54) is 14.2 Å². The number of hydrogen-bond donors (Lipinski definition) is 1. The number of nitriles is 3. The van der Waals surface area contributed by atoms with Crippen LogP contribution in [0.15, 0.2) is 18.2 Å². The first kappa shape index (κ1) is 20.0. The molecule has 0 radical (unpaired) electrons. The minimum Gasteiger partial charge on any atom is -0.497 e. The van der Waals surface area contributed by atoms with E-state index in [0.29, 0.717) is 29.9 Å². The van der Waals surface area contributed by atoms with Crippen LogP contribution in [0.3, 0.4) is 0 Å². The summed E-state index contributed by atoms with van der Waals surface area (Å²) >= 11 is 0. The van der Waals surface area contributed by atoms with E-state index in [9.17, 15) is 15.8 Å². The highest BCUT2D eigenvalue weighted by molar-refractivity contribution is 5.89. The summed E-state index contributed by atoms with van der Waals surface area (Å²) in [6.45, 7) is 0. The van der Waals surface area contributed by atoms with Crippen LogP contribution in [0.25, 0.3) is 0 Å². The van der Waals surface area contributed by atoms with Crippen LogP contribution in [0.1, 0.15) is 43.8 Å². The second-order valence-corrected chi connectivity index (χ2v) is 7.95. The predicted octanol–water partition coefficient (Wildman–Crippen LogP) is 3.60. The van der Waals surface area contributed by atoms with Crippen molar-refractivity contribution in [2.45, 2.75) is 44.0 Å². The molecule has 0 spiro atoms. The Hall–Kier alpha value is -3.28. The quantitative estimate of drug-likeness (QED) is 0.811. The first-order valence-corrected chi connectivity index (χ1v) is 9.90. The van der Waals surface area contributed by atoms with E-state index in [-0.39, 0.29) is 5.90 Å². The van der Waals surface area contributed by atoms with E-state index in [1.54, 1.807) is 18.2 Å². The zero-order chi connectivity index (χ0) is 21.6. The molecule has 8 heteroatoms. The van der Waals surface area contributed by atoms with Gasteiger partial charge in [-0.2, -0.15) is 15.8 Å². The molecule has 1 N–H and O–H groups in total. The Morgan fingerprint density at radius 1 is 1.07 bits per heavy atom. The molecule has 2 saturated heterocycles. The van der Waals surface area contributed by atoms with Crippen molar-refractivity contribution in [3.05, 3.63) is 23.8 Å². The first-order valence-electron chi connectivity index (χ1n) is 9.90. The highest BCUT2D eigenvalue weighted by Gasteiger charge is 2.80. The van der Waals surface area contributed by atoms with E-state index in [1.807, 2.05) is 0 Å². The molecule has 30 heavy (non-hydrogen) atoms. The zero-order valence-corrected chi connectivity index (χ0v) is 16.9. The maximum atomic E-state index is 10.4. The summed E-state index contributed by atoms with van der Waals surface area (Å²) in [5.41, 5.74) is -3.26. The van der Waals surface area contributed by atoms with Crippen molar-refractivity contribution in [1.82, 2.24) is 0 Å². The maximum absolute atomic E-state index is 10.4. The summed E-state index contributed by atoms with van der Waals surface area (Å²) in [5, 5.41) is 39.6. The van der Waals surface area contributed by atoms with Gasteiger partial charge in [-0.1, -0.05) is 12.8 Å². The van der Waals surface area contributed by atoms with E-state index >= 15 is 0 Å². The monoisotopic (exact) mass is 406 g/mol. The maximum Gasteiger partial charge on any atom is 0.217 e. The van der Waals surface area contributed by atoms with Gasteiger partial charge >= 0.3 is 0 Å². The van der Waals surface area contributed by atoms with E-state index in [4.69, 9.17) is 24.4 Å². The van der Waals surface area contributed by atoms with Gasteiger partial charge in [0.2, 0.25) is 17.1 Å². The lowest BCUT2D eigenvalue weighted by molar-refractivity contribution is -0.285. The summed E-state index contributed by atoms with van der Waals surface area (Å²) in [7, 11) is 3.00. The van der Waals surface area contributed by atoms with Crippen LogP contribution >= 0.6 is 0 Å². The SMILES string of the molecule is COc1ccc(C2OC34CCCCCC3C(C#N)(C(=N)O4)C2(C#N)C#N)c(OC)c1. The molecule has 0 amide bonds. The third-order valence-corrected chi connectivity index (χ3v) is 6.79. The minimum atomic E-state index is -1.98. The predicted molar refractivity (Wildman–Crippen MR) is 103 cm³/mol. The topological polar surface area (TPSA) is 132 Å². The van der Waals surface area contributed by atoms with Crippen molar-refractivity contribution in [1.29, 1.82) is 21.2 Å². The fraction of sp³-hybridized carbons (Fsp3) is 0.545. The van der Waals surface area contributed by atoms with Crippen molar-refractivity contribution >= 4 is 5.90 Å². The molecular weight excluding hydrogens is 384 g/mol. The van der Waals surface area contributed by atoms with Gasteiger partial charge in [0.05, 0.1) is 38.3 Å². The van der Waals surface area contributed by atoms with Gasteiger partial charge in [0.1, 0.15) is 17.6 Å². The molecular formula is C22H22N4O4. The van der Waals surface area contributed by atoms with E-state index < -0.39 is 28.6 Å². The number of nitrogens with one attached hydrogen (secondary N) is 1. The van der Waals surface area contributed by atoms with Crippen LogP contribution in [0.2, 0.25) is 0 Å². The van der Waals surface area contributed by atoms with Gasteiger partial charge in [0.15, 0.2) is 5.41 Å². The lowest BCUT2D eigenvalue weighted by Crippen LogP contribution is -2.59. The molecule has 0 aromatic heterocycles. The second-order valence-electron chi connectivity index (χ2n) is 7.95. The molecule has 1 aliphatic carbocycles. The van der Waals surface area contributed by atoms with Gasteiger partial charge in [-0.25, -0.2) is 0 Å². The number of nitrogens with zero attached hydrogens (tertiary/aromatic N) is 3. The van der Waals surface area contributed by atoms with Crippen LogP contribution < -0.4 is 9.47 Å². The fourth-order valence-electron chi connectivity index (χ4n) is 5.35. The minimum absolute atomic E-state index is 0.352. The molecule has 1 saturated carbocycles. The Bertz CT molecular complexity index is 1010. The first-order chi connectivity index (χ1) is 14.5. The number of hydrogen-bond acceptors (Lipinski definition) is 8. The highest BCUT2D eigenvalue weighted by atomic mass is 16.7. The molecule has 4 unspecified atom stereocenters. The Morgan fingerprint density at radius 2 is 1.83 bits per heavy atom. The molecule has 2 bridgehead atoms. The highest BCUT2D eigenvalue weighted by Crippen LogP contribution is 2.69. The van der Waals surface area contributed by atoms with Gasteiger partial charge in [-0.05, 0) is 25.0 Å². The standard InChI is InChI=1S/C22H22N4O4/c1-27-14-7-8-15(16(10-14)28-2)18-20(11-23,12-24)21(13-25)17-6-4-3-5-9-22(17,29-18)30-19(21)26/h7-8,10,17-18,26H,3-6,9H2,1-2H3. The molecule has 2 aliphatic heterocycles. The molecule has 1 aromatic rings. The third-order valence-electron chi connectivity index (χ3n) is 6.79. The molecule has 4 atom stereocenters. The van der Waals surface area contributed by atoms with Crippen molar-refractivity contribution in [2.75, 3.05) is 14.2 Å². The van der Waals surface area contributed by atoms with Gasteiger partial charge in [0, 0.05) is 18.1 Å². The van der Waals surface area contributed by atoms with Crippen LogP contribution in [0.4, 0.5) is 0 Å². The van der Waals surface area contributed by atoms with Crippen LogP contribution in [-0.2, 0) is 9.47 Å². The average molecular weight is 406 g/mol. The number of rotatable bonds is 3. The largest absolute Gasteiger partial charge is 0.497 e. The fourth-order valence-corrected chi connectivity index (χ4v) is 5.35. The third kappa shape index (κ3) is 2.24. The molecule has 3 aliphatic rings. The van der Waals surface area contributed by atoms with E-state index in [0.717, 1.165) is 19.3 Å².